The molecule has 1 saturated heterocycles. The number of nitrogens with two attached hydrogens (primary N) is 1. The van der Waals surface area contributed by atoms with Crippen LogP contribution in [0.2, 0.25) is 0 Å². The molecular weight excluding hydrogens is 476 g/mol. The van der Waals surface area contributed by atoms with Gasteiger partial charge in [-0.2, -0.15) is 0 Å². The number of ether oxygens (including phenoxy) is 1. The van der Waals surface area contributed by atoms with Gasteiger partial charge in [-0.3, -0.25) is 9.80 Å². The second kappa shape index (κ2) is 15.5. The van der Waals surface area contributed by atoms with Crippen LogP contribution in [0, 0.1) is 6.92 Å². The molecule has 1 unspecified atom stereocenters. The molecule has 212 valence electrons. The molecule has 1 fully saturated rings. The van der Waals surface area contributed by atoms with E-state index >= 15 is 0 Å². The molecule has 0 saturated carbocycles. The van der Waals surface area contributed by atoms with Crippen LogP contribution in [0.1, 0.15) is 71.9 Å². The molecule has 0 spiro atoms. The van der Waals surface area contributed by atoms with Crippen molar-refractivity contribution in [2.45, 2.75) is 84.8 Å². The Kier molecular flexibility index (Phi) is 13.5. The standard InChI is InChI=1S/C29H44N4O3.C2H6/c1-8-12-22(9-2)25-19-28(6,7)33(30)26(31-25)24(20-36-18-17-34)27(35)32-29(10-3,11-4)23-15-13-21(5)14-16-23;1-2/h8-9,12-16,25,31,34H,1-2,10-11,17-20,30H2,3-7H3,(H,32,35);1-2H3/b22-12+,26-24+;. The van der Waals surface area contributed by atoms with E-state index in [4.69, 9.17) is 10.6 Å². The summed E-state index contributed by atoms with van der Waals surface area (Å²) >= 11 is 0. The fourth-order valence-corrected chi connectivity index (χ4v) is 4.64. The maximum Gasteiger partial charge on any atom is 0.253 e. The quantitative estimate of drug-likeness (QED) is 0.133. The molecule has 1 aromatic rings. The van der Waals surface area contributed by atoms with Crippen molar-refractivity contribution in [3.63, 3.8) is 0 Å². The molecule has 1 aromatic carbocycles. The van der Waals surface area contributed by atoms with E-state index in [-0.39, 0.29) is 31.8 Å². The Bertz CT molecular complexity index is 975. The molecule has 0 aliphatic carbocycles. The lowest BCUT2D eigenvalue weighted by Crippen LogP contribution is -2.61. The van der Waals surface area contributed by atoms with Crippen molar-refractivity contribution in [1.82, 2.24) is 15.6 Å². The normalized spacial score (nSPS) is 18.5. The highest BCUT2D eigenvalue weighted by atomic mass is 16.5. The molecule has 0 radical (unpaired) electrons. The lowest BCUT2D eigenvalue weighted by Gasteiger charge is -2.47. The summed E-state index contributed by atoms with van der Waals surface area (Å²) in [4.78, 5) is 14.0. The third-order valence-corrected chi connectivity index (χ3v) is 7.06. The van der Waals surface area contributed by atoms with Crippen LogP contribution in [0.4, 0.5) is 0 Å². The highest BCUT2D eigenvalue weighted by molar-refractivity contribution is 5.95. The van der Waals surface area contributed by atoms with Gasteiger partial charge in [0.25, 0.3) is 5.91 Å². The lowest BCUT2D eigenvalue weighted by molar-refractivity contribution is -0.120. The van der Waals surface area contributed by atoms with E-state index in [0.717, 1.165) is 29.5 Å². The first-order chi connectivity index (χ1) is 18.1. The molecular formula is C31H50N4O3. The molecule has 1 amide bonds. The van der Waals surface area contributed by atoms with Crippen molar-refractivity contribution in [1.29, 1.82) is 0 Å². The Labute approximate surface area is 230 Å². The van der Waals surface area contributed by atoms with Crippen molar-refractivity contribution in [3.8, 4) is 0 Å². The summed E-state index contributed by atoms with van der Waals surface area (Å²) in [5.74, 6) is 6.83. The molecule has 0 aromatic heterocycles. The summed E-state index contributed by atoms with van der Waals surface area (Å²) in [7, 11) is 0. The van der Waals surface area contributed by atoms with E-state index < -0.39 is 11.1 Å². The maximum absolute atomic E-state index is 14.0. The predicted octanol–water partition coefficient (Wildman–Crippen LogP) is 4.99. The predicted molar refractivity (Wildman–Crippen MR) is 158 cm³/mol. The summed E-state index contributed by atoms with van der Waals surface area (Å²) in [6.45, 7) is 22.0. The van der Waals surface area contributed by atoms with Crippen molar-refractivity contribution >= 4 is 5.91 Å². The summed E-state index contributed by atoms with van der Waals surface area (Å²) in [5, 5.41) is 17.7. The van der Waals surface area contributed by atoms with Gasteiger partial charge in [0.15, 0.2) is 0 Å². The number of hydrogen-bond acceptors (Lipinski definition) is 6. The van der Waals surface area contributed by atoms with Gasteiger partial charge in [0, 0.05) is 0 Å². The monoisotopic (exact) mass is 526 g/mol. The summed E-state index contributed by atoms with van der Waals surface area (Å²) in [5.41, 5.74) is 2.54. The molecule has 1 aliphatic heterocycles. The molecule has 38 heavy (non-hydrogen) atoms. The molecule has 7 heteroatoms. The Balaban J connectivity index is 0.00000352. The number of rotatable bonds is 12. The highest BCUT2D eigenvalue weighted by Crippen LogP contribution is 2.33. The Morgan fingerprint density at radius 3 is 2.37 bits per heavy atom. The van der Waals surface area contributed by atoms with Gasteiger partial charge in [-0.15, -0.1) is 0 Å². The van der Waals surface area contributed by atoms with Crippen molar-refractivity contribution in [2.75, 3.05) is 19.8 Å². The number of carbonyl (C=O) groups is 1. The number of nitrogens with zero attached hydrogens (tertiary/aromatic N) is 1. The number of aliphatic hydroxyl groups is 1. The lowest BCUT2D eigenvalue weighted by atomic mass is 9.83. The van der Waals surface area contributed by atoms with Gasteiger partial charge in [-0.05, 0) is 51.2 Å². The van der Waals surface area contributed by atoms with Gasteiger partial charge in [0.05, 0.1) is 42.5 Å². The van der Waals surface area contributed by atoms with Crippen LogP contribution in [0.25, 0.3) is 0 Å². The number of amides is 1. The first-order valence-electron chi connectivity index (χ1n) is 13.7. The number of nitrogens with one attached hydrogen (secondary N) is 2. The Hall–Kier alpha value is -2.87. The number of allylic oxidation sites excluding steroid dienone is 2. The van der Waals surface area contributed by atoms with Crippen LogP contribution in [0.15, 0.2) is 72.6 Å². The number of hydrazine groups is 1. The number of aliphatic hydroxyl groups excluding tert-OH is 1. The van der Waals surface area contributed by atoms with Crippen LogP contribution in [0.3, 0.4) is 0 Å². The van der Waals surface area contributed by atoms with E-state index in [2.05, 4.69) is 61.9 Å². The van der Waals surface area contributed by atoms with E-state index in [0.29, 0.717) is 17.8 Å². The van der Waals surface area contributed by atoms with Crippen molar-refractivity contribution < 1.29 is 14.6 Å². The largest absolute Gasteiger partial charge is 0.394 e. The van der Waals surface area contributed by atoms with Crippen molar-refractivity contribution in [2.24, 2.45) is 5.84 Å². The second-order valence-electron chi connectivity index (χ2n) is 9.90. The third kappa shape index (κ3) is 8.06. The number of carbonyl (C=O) groups excluding carboxylic acids is 1. The topological polar surface area (TPSA) is 99.8 Å². The molecule has 7 nitrogen and oxygen atoms in total. The van der Waals surface area contributed by atoms with Crippen LogP contribution >= 0.6 is 0 Å². The minimum Gasteiger partial charge on any atom is -0.394 e. The van der Waals surface area contributed by atoms with Crippen LogP contribution in [0.5, 0.6) is 0 Å². The molecule has 2 rings (SSSR count). The zero-order chi connectivity index (χ0) is 28.9. The molecule has 1 heterocycles. The fraction of sp³-hybridized carbons (Fsp3) is 0.516. The van der Waals surface area contributed by atoms with Gasteiger partial charge in [-0.25, -0.2) is 5.84 Å². The summed E-state index contributed by atoms with van der Waals surface area (Å²) in [6, 6.07) is 8.14. The zero-order valence-electron chi connectivity index (χ0n) is 24.6. The Morgan fingerprint density at radius 2 is 1.87 bits per heavy atom. The summed E-state index contributed by atoms with van der Waals surface area (Å²) < 4.78 is 5.67. The first-order valence-corrected chi connectivity index (χ1v) is 13.7. The van der Waals surface area contributed by atoms with Crippen molar-refractivity contribution in [3.05, 3.63) is 83.7 Å². The maximum atomic E-state index is 14.0. The van der Waals surface area contributed by atoms with Gasteiger partial charge in [-0.1, -0.05) is 88.9 Å². The van der Waals surface area contributed by atoms with Crippen LogP contribution in [-0.4, -0.2) is 47.4 Å². The zero-order valence-corrected chi connectivity index (χ0v) is 24.6. The van der Waals surface area contributed by atoms with Gasteiger partial charge in [0.1, 0.15) is 5.82 Å². The van der Waals surface area contributed by atoms with E-state index in [1.54, 1.807) is 17.2 Å². The SMILES string of the molecule is C=C/C=C(\C=C)C1CC(C)(C)N(N)/C(=C(\COCCO)C(=O)NC(CC)(CC)c2ccc(C)cc2)N1.CC. The van der Waals surface area contributed by atoms with Gasteiger partial charge in [0.2, 0.25) is 0 Å². The number of hydrogen-bond donors (Lipinski definition) is 4. The van der Waals surface area contributed by atoms with E-state index in [9.17, 15) is 9.90 Å². The average Bonchev–Trinajstić information content (AvgIpc) is 2.91. The van der Waals surface area contributed by atoms with Gasteiger partial charge < -0.3 is 20.5 Å². The van der Waals surface area contributed by atoms with Crippen LogP contribution in [-0.2, 0) is 15.1 Å². The Morgan fingerprint density at radius 1 is 1.26 bits per heavy atom. The van der Waals surface area contributed by atoms with E-state index in [1.165, 1.54) is 0 Å². The van der Waals surface area contributed by atoms with Crippen LogP contribution < -0.4 is 16.5 Å². The minimum atomic E-state index is -0.550. The fourth-order valence-electron chi connectivity index (χ4n) is 4.64. The smallest absolute Gasteiger partial charge is 0.253 e. The molecule has 0 bridgehead atoms. The molecule has 5 N–H and O–H groups in total. The molecule has 1 aliphatic rings. The first kappa shape index (κ1) is 33.2. The third-order valence-electron chi connectivity index (χ3n) is 7.06. The average molecular weight is 527 g/mol. The molecule has 1 atom stereocenters. The minimum absolute atomic E-state index is 0.00275. The summed E-state index contributed by atoms with van der Waals surface area (Å²) in [6.07, 6.45) is 7.55. The number of aryl methyl sites for hydroxylation is 1. The second-order valence-corrected chi connectivity index (χ2v) is 9.90. The van der Waals surface area contributed by atoms with E-state index in [1.807, 2.05) is 40.7 Å². The van der Waals surface area contributed by atoms with Gasteiger partial charge >= 0.3 is 0 Å². The highest BCUT2D eigenvalue weighted by Gasteiger charge is 2.40. The number of benzene rings is 1.